The average molecular weight is 990 g/mol. The highest BCUT2D eigenvalue weighted by molar-refractivity contribution is 8.13. The maximum absolute atomic E-state index is 12.7. The monoisotopic (exact) mass is 989 g/mol. The molecule has 0 spiro atoms. The molecule has 1 fully saturated rings. The number of imidazole rings is 1. The number of aliphatic hydroxyl groups excluding tert-OH is 3. The van der Waals surface area contributed by atoms with Crippen LogP contribution in [0.3, 0.4) is 0 Å². The summed E-state index contributed by atoms with van der Waals surface area (Å²) < 4.78 is 62.3. The van der Waals surface area contributed by atoms with Gasteiger partial charge in [-0.1, -0.05) is 56.3 Å². The highest BCUT2D eigenvalue weighted by atomic mass is 32.2. The molecule has 0 saturated carbocycles. The van der Waals surface area contributed by atoms with Gasteiger partial charge in [-0.2, -0.15) is 4.31 Å². The van der Waals surface area contributed by atoms with Gasteiger partial charge in [-0.3, -0.25) is 32.5 Å². The van der Waals surface area contributed by atoms with Gasteiger partial charge >= 0.3 is 23.5 Å². The third kappa shape index (κ3) is 19.1. The second-order valence-electron chi connectivity index (χ2n) is 15.0. The molecule has 362 valence electrons. The summed E-state index contributed by atoms with van der Waals surface area (Å²) in [6, 6.07) is 0. The minimum Gasteiger partial charge on any atom is -0.393 e. The van der Waals surface area contributed by atoms with Crippen LogP contribution in [0.2, 0.25) is 0 Å². The Bertz CT molecular complexity index is 2060. The van der Waals surface area contributed by atoms with Gasteiger partial charge in [0.1, 0.15) is 36.3 Å². The van der Waals surface area contributed by atoms with Crippen LogP contribution in [0.15, 0.2) is 37.0 Å². The van der Waals surface area contributed by atoms with E-state index in [1.54, 1.807) is 0 Å². The zero-order valence-electron chi connectivity index (χ0n) is 35.4. The number of carbonyl (C=O) groups excluding carboxylic acids is 3. The number of phosphoric acid groups is 3. The highest BCUT2D eigenvalue weighted by Crippen LogP contribution is 2.61. The molecule has 8 unspecified atom stereocenters. The summed E-state index contributed by atoms with van der Waals surface area (Å²) in [4.78, 5) is 88.1. The molecule has 0 radical (unpaired) electrons. The molecule has 2 amide bonds. The Labute approximate surface area is 373 Å². The van der Waals surface area contributed by atoms with E-state index in [9.17, 15) is 63.0 Å². The summed E-state index contributed by atoms with van der Waals surface area (Å²) in [6.45, 7) is 2.40. The second kappa shape index (κ2) is 25.8. The van der Waals surface area contributed by atoms with Gasteiger partial charge in [0.2, 0.25) is 11.8 Å². The number of phosphoric ester groups is 3. The number of nitrogens with one attached hydrogen (secondary N) is 2. The first kappa shape index (κ1) is 55.3. The van der Waals surface area contributed by atoms with E-state index < -0.39 is 90.7 Å². The molecule has 8 atom stereocenters. The molecule has 1 saturated heterocycles. The van der Waals surface area contributed by atoms with Crippen molar-refractivity contribution in [1.29, 1.82) is 0 Å². The average Bonchev–Trinajstić information content (AvgIpc) is 3.77. The molecule has 64 heavy (non-hydrogen) atoms. The number of thioether (sulfide) groups is 1. The van der Waals surface area contributed by atoms with Gasteiger partial charge in [-0.15, -0.1) is 0 Å². The lowest BCUT2D eigenvalue weighted by molar-refractivity contribution is -0.137. The van der Waals surface area contributed by atoms with Crippen molar-refractivity contribution < 1.29 is 85.6 Å². The number of unbranched alkanes of at least 4 members (excludes halogenated alkanes) is 1. The molecule has 0 aromatic carbocycles. The number of aromatic nitrogens is 4. The minimum atomic E-state index is -5.58. The van der Waals surface area contributed by atoms with Crippen LogP contribution in [0.25, 0.3) is 11.2 Å². The zero-order chi connectivity index (χ0) is 47.7. The van der Waals surface area contributed by atoms with Crippen molar-refractivity contribution >= 4 is 69.1 Å². The lowest BCUT2D eigenvalue weighted by Crippen LogP contribution is -2.46. The number of nitrogen functional groups attached to an aromatic ring is 1. The van der Waals surface area contributed by atoms with E-state index in [2.05, 4.69) is 40.5 Å². The van der Waals surface area contributed by atoms with Crippen molar-refractivity contribution in [2.24, 2.45) is 5.41 Å². The normalized spacial score (nSPS) is 21.2. The first-order valence-corrected chi connectivity index (χ1v) is 25.4. The lowest BCUT2D eigenvalue weighted by Gasteiger charge is -2.30. The Kier molecular flexibility index (Phi) is 22.3. The van der Waals surface area contributed by atoms with Gasteiger partial charge in [0, 0.05) is 37.1 Å². The van der Waals surface area contributed by atoms with Crippen LogP contribution in [0, 0.1) is 5.41 Å². The number of nitrogens with zero attached hydrogens (tertiary/aromatic N) is 4. The number of fused-ring (bicyclic) bond motifs is 1. The first-order chi connectivity index (χ1) is 29.9. The van der Waals surface area contributed by atoms with E-state index in [-0.39, 0.29) is 41.6 Å². The molecule has 2 aromatic rings. The number of hydrogen-bond donors (Lipinski definition) is 10. The maximum Gasteiger partial charge on any atom is 0.481 e. The summed E-state index contributed by atoms with van der Waals surface area (Å²) in [5, 5.41) is 36.6. The lowest BCUT2D eigenvalue weighted by atomic mass is 9.87. The number of hydrogen-bond acceptors (Lipinski definition) is 19. The van der Waals surface area contributed by atoms with Crippen LogP contribution >= 0.6 is 35.2 Å². The zero-order valence-corrected chi connectivity index (χ0v) is 38.9. The van der Waals surface area contributed by atoms with E-state index in [1.807, 2.05) is 25.2 Å². The summed E-state index contributed by atoms with van der Waals surface area (Å²) >= 11 is 1.08. The number of rotatable bonds is 29. The van der Waals surface area contributed by atoms with Gasteiger partial charge < -0.3 is 56.0 Å². The third-order valence-electron chi connectivity index (χ3n) is 9.27. The number of carbonyl (C=O) groups is 3. The predicted molar refractivity (Wildman–Crippen MR) is 229 cm³/mol. The standard InChI is InChI=1S/C35H58N7O18P3S/c1-4-5-6-7-8-9-12-23(43)13-10-11-14-26(45)64-18-17-37-25(44)15-16-38-33(48)30(47)35(2,3)20-57-63(54,55)60-62(52,53)56-19-24-29(59-61(49,50)51)28(46)34(58-24)42-22-41-27-31(36)39-21-40-32(27)42/h4-5,7-8,21-24,28-30,34,43,46-47H,6,9-20H2,1-3H3,(H,37,44)(H,38,48)(H,52,53)(H,54,55)(H2,36,39,40)(H2,49,50,51)/b5-4+,8-7+. The first-order valence-electron chi connectivity index (χ1n) is 19.9. The van der Waals surface area contributed by atoms with Gasteiger partial charge in [-0.05, 0) is 39.0 Å². The number of aliphatic hydroxyl groups is 3. The van der Waals surface area contributed by atoms with Crippen LogP contribution in [0.4, 0.5) is 5.82 Å². The smallest absolute Gasteiger partial charge is 0.393 e. The van der Waals surface area contributed by atoms with Crippen LogP contribution in [-0.2, 0) is 50.7 Å². The molecule has 1 aliphatic heterocycles. The van der Waals surface area contributed by atoms with Gasteiger partial charge in [0.25, 0.3) is 0 Å². The van der Waals surface area contributed by atoms with E-state index in [0.717, 1.165) is 48.2 Å². The number of amides is 2. The van der Waals surface area contributed by atoms with Crippen molar-refractivity contribution in [3.63, 3.8) is 0 Å². The van der Waals surface area contributed by atoms with Crippen molar-refractivity contribution in [2.45, 2.75) is 109 Å². The Morgan fingerprint density at radius 3 is 2.41 bits per heavy atom. The molecule has 3 rings (SSSR count). The van der Waals surface area contributed by atoms with E-state index in [1.165, 1.54) is 13.8 Å². The Balaban J connectivity index is 1.36. The molecular weight excluding hydrogens is 931 g/mol. The van der Waals surface area contributed by atoms with E-state index in [4.69, 9.17) is 19.5 Å². The maximum atomic E-state index is 12.7. The largest absolute Gasteiger partial charge is 0.481 e. The van der Waals surface area contributed by atoms with Gasteiger partial charge in [0.15, 0.2) is 22.8 Å². The number of anilines is 1. The van der Waals surface area contributed by atoms with Crippen molar-refractivity contribution in [1.82, 2.24) is 30.2 Å². The summed E-state index contributed by atoms with van der Waals surface area (Å²) in [6.07, 6.45) is 5.37. The van der Waals surface area contributed by atoms with Crippen molar-refractivity contribution in [3.05, 3.63) is 37.0 Å². The molecule has 0 bridgehead atoms. The van der Waals surface area contributed by atoms with E-state index >= 15 is 0 Å². The quantitative estimate of drug-likeness (QED) is 0.0316. The fourth-order valence-corrected chi connectivity index (χ4v) is 9.43. The van der Waals surface area contributed by atoms with Crippen LogP contribution in [-0.4, -0.2) is 134 Å². The summed E-state index contributed by atoms with van der Waals surface area (Å²) in [5.74, 6) is -1.15. The molecule has 2 aromatic heterocycles. The van der Waals surface area contributed by atoms with E-state index in [0.29, 0.717) is 31.4 Å². The topological polar surface area (TPSA) is 384 Å². The molecule has 11 N–H and O–H groups in total. The fraction of sp³-hybridized carbons (Fsp3) is 0.657. The van der Waals surface area contributed by atoms with Crippen LogP contribution in [0.5, 0.6) is 0 Å². The van der Waals surface area contributed by atoms with Crippen molar-refractivity contribution in [2.75, 3.05) is 37.8 Å². The molecular formula is C35H58N7O18P3S. The van der Waals surface area contributed by atoms with Crippen molar-refractivity contribution in [3.8, 4) is 0 Å². The Hall–Kier alpha value is -3.00. The van der Waals surface area contributed by atoms with Crippen LogP contribution < -0.4 is 16.4 Å². The third-order valence-corrected chi connectivity index (χ3v) is 13.3. The Morgan fingerprint density at radius 2 is 1.70 bits per heavy atom. The molecule has 29 heteroatoms. The molecule has 3 heterocycles. The predicted octanol–water partition coefficient (Wildman–Crippen LogP) is 1.89. The summed E-state index contributed by atoms with van der Waals surface area (Å²) in [5.41, 5.74) is 4.25. The number of ether oxygens (including phenoxy) is 1. The van der Waals surface area contributed by atoms with Gasteiger partial charge in [-0.25, -0.2) is 28.6 Å². The Morgan fingerprint density at radius 1 is 0.984 bits per heavy atom. The van der Waals surface area contributed by atoms with Crippen LogP contribution in [0.1, 0.15) is 78.4 Å². The molecule has 25 nitrogen and oxygen atoms in total. The van der Waals surface area contributed by atoms with Gasteiger partial charge in [0.05, 0.1) is 25.6 Å². The minimum absolute atomic E-state index is 0.0272. The number of allylic oxidation sites excluding steroid dienone is 4. The fourth-order valence-electron chi connectivity index (χ4n) is 5.88. The SMILES string of the molecule is C/C=C/C/C=C/CCC(O)CCCCC(=O)SCCNC(=O)CCNC(=O)C(O)C(C)(C)COP(=O)(O)OP(=O)(O)OCC1OC(n2cnc3c(N)ncnc32)C(O)C1OP(=O)(O)O. The molecule has 1 aliphatic rings. The highest BCUT2D eigenvalue weighted by Gasteiger charge is 2.50. The molecule has 0 aliphatic carbocycles. The number of nitrogens with two attached hydrogens (primary N) is 1. The summed E-state index contributed by atoms with van der Waals surface area (Å²) in [7, 11) is -16.4. The second-order valence-corrected chi connectivity index (χ2v) is 20.4.